The fourth-order valence-corrected chi connectivity index (χ4v) is 1.84. The molecule has 1 amide bonds. The highest BCUT2D eigenvalue weighted by Gasteiger charge is 2.16. The molecule has 1 heterocycles. The minimum absolute atomic E-state index is 0.0279. The Labute approximate surface area is 77.5 Å². The average Bonchev–Trinajstić information content (AvgIpc) is 2.32. The third-order valence-corrected chi connectivity index (χ3v) is 2.95. The van der Waals surface area contributed by atoms with Crippen LogP contribution in [0.4, 0.5) is 5.13 Å². The molecule has 0 aliphatic rings. The maximum absolute atomic E-state index is 10.5. The molecule has 0 aliphatic carbocycles. The number of hydrogen-bond acceptors (Lipinski definition) is 6. The van der Waals surface area contributed by atoms with Crippen LogP contribution in [0.5, 0.6) is 0 Å². The number of hydrogen-bond donors (Lipinski definition) is 2. The summed E-state index contributed by atoms with van der Waals surface area (Å²) in [5.41, 5.74) is 0. The van der Waals surface area contributed by atoms with E-state index in [9.17, 15) is 13.2 Å². The topological polar surface area (TPSA) is 109 Å². The quantitative estimate of drug-likeness (QED) is 0.528. The van der Waals surface area contributed by atoms with Crippen LogP contribution >= 0.6 is 11.3 Å². The zero-order valence-corrected chi connectivity index (χ0v) is 8.02. The lowest BCUT2D eigenvalue weighted by Gasteiger charge is -1.90. The van der Waals surface area contributed by atoms with Crippen LogP contribution in [-0.4, -0.2) is 29.1 Å². The Morgan fingerprint density at radius 3 is 2.54 bits per heavy atom. The van der Waals surface area contributed by atoms with E-state index in [-0.39, 0.29) is 5.13 Å². The molecule has 0 bridgehead atoms. The zero-order valence-electron chi connectivity index (χ0n) is 6.38. The Hall–Kier alpha value is -1.06. The Bertz CT molecular complexity index is 422. The van der Waals surface area contributed by atoms with E-state index in [0.29, 0.717) is 11.3 Å². The molecule has 72 valence electrons. The standard InChI is InChI=1S/C4H5N3O4S2/c1-2(8)5-3-6-7-4(12-3)13(9,10)11/h1H3,(H,5,6,8)(H,9,10,11). The summed E-state index contributed by atoms with van der Waals surface area (Å²) in [6.07, 6.45) is 0. The van der Waals surface area contributed by atoms with Crippen LogP contribution in [0.2, 0.25) is 0 Å². The lowest BCUT2D eigenvalue weighted by Crippen LogP contribution is -2.04. The zero-order chi connectivity index (χ0) is 10.1. The first-order valence-corrected chi connectivity index (χ1v) is 5.24. The Balaban J connectivity index is 2.94. The summed E-state index contributed by atoms with van der Waals surface area (Å²) >= 11 is 0.576. The first-order chi connectivity index (χ1) is 5.89. The molecule has 1 aromatic heterocycles. The number of rotatable bonds is 2. The minimum atomic E-state index is -4.32. The summed E-state index contributed by atoms with van der Waals surface area (Å²) in [7, 11) is -4.32. The number of anilines is 1. The van der Waals surface area contributed by atoms with Gasteiger partial charge in [0.1, 0.15) is 0 Å². The second-order valence-electron chi connectivity index (χ2n) is 2.03. The molecular formula is C4H5N3O4S2. The van der Waals surface area contributed by atoms with Crippen molar-refractivity contribution in [3.63, 3.8) is 0 Å². The van der Waals surface area contributed by atoms with Crippen LogP contribution in [-0.2, 0) is 14.9 Å². The van der Waals surface area contributed by atoms with Crippen molar-refractivity contribution >= 4 is 32.5 Å². The van der Waals surface area contributed by atoms with Crippen molar-refractivity contribution in [2.45, 2.75) is 11.3 Å². The smallest absolute Gasteiger partial charge is 0.301 e. The van der Waals surface area contributed by atoms with Crippen molar-refractivity contribution in [1.82, 2.24) is 10.2 Å². The van der Waals surface area contributed by atoms with Crippen molar-refractivity contribution in [2.75, 3.05) is 5.32 Å². The van der Waals surface area contributed by atoms with E-state index in [1.807, 2.05) is 0 Å². The van der Waals surface area contributed by atoms with Gasteiger partial charge in [-0.2, -0.15) is 8.42 Å². The van der Waals surface area contributed by atoms with E-state index < -0.39 is 20.4 Å². The van der Waals surface area contributed by atoms with Gasteiger partial charge in [0.2, 0.25) is 11.0 Å². The van der Waals surface area contributed by atoms with Crippen LogP contribution in [0.1, 0.15) is 6.92 Å². The molecule has 0 aromatic carbocycles. The van der Waals surface area contributed by atoms with Gasteiger partial charge in [-0.3, -0.25) is 9.35 Å². The highest BCUT2D eigenvalue weighted by Crippen LogP contribution is 2.18. The van der Waals surface area contributed by atoms with Gasteiger partial charge in [0, 0.05) is 6.92 Å². The predicted octanol–water partition coefficient (Wildman–Crippen LogP) is -0.257. The van der Waals surface area contributed by atoms with Crippen LogP contribution in [0.15, 0.2) is 4.34 Å². The third kappa shape index (κ3) is 2.72. The summed E-state index contributed by atoms with van der Waals surface area (Å²) < 4.78 is 28.9. The first kappa shape index (κ1) is 10.0. The molecule has 0 aliphatic heterocycles. The summed E-state index contributed by atoms with van der Waals surface area (Å²) in [6, 6.07) is 0. The molecule has 1 aromatic rings. The van der Waals surface area contributed by atoms with Crippen molar-refractivity contribution in [3.05, 3.63) is 0 Å². The van der Waals surface area contributed by atoms with Gasteiger partial charge in [-0.15, -0.1) is 10.2 Å². The van der Waals surface area contributed by atoms with Gasteiger partial charge in [-0.05, 0) is 0 Å². The van der Waals surface area contributed by atoms with E-state index in [0.717, 1.165) is 0 Å². The van der Waals surface area contributed by atoms with E-state index in [2.05, 4.69) is 15.5 Å². The normalized spacial score (nSPS) is 11.2. The van der Waals surface area contributed by atoms with Crippen LogP contribution in [0.3, 0.4) is 0 Å². The van der Waals surface area contributed by atoms with Crippen molar-refractivity contribution in [1.29, 1.82) is 0 Å². The largest absolute Gasteiger partial charge is 0.324 e. The molecule has 0 atom stereocenters. The van der Waals surface area contributed by atoms with Gasteiger partial charge < -0.3 is 5.32 Å². The highest BCUT2D eigenvalue weighted by molar-refractivity contribution is 7.88. The van der Waals surface area contributed by atoms with E-state index >= 15 is 0 Å². The fourth-order valence-electron chi connectivity index (χ4n) is 0.515. The Morgan fingerprint density at radius 1 is 1.54 bits per heavy atom. The number of carbonyl (C=O) groups excluding carboxylic acids is 1. The minimum Gasteiger partial charge on any atom is -0.301 e. The van der Waals surface area contributed by atoms with Gasteiger partial charge in [-0.1, -0.05) is 11.3 Å². The molecule has 13 heavy (non-hydrogen) atoms. The van der Waals surface area contributed by atoms with Crippen molar-refractivity contribution < 1.29 is 17.8 Å². The Morgan fingerprint density at radius 2 is 2.15 bits per heavy atom. The van der Waals surface area contributed by atoms with Gasteiger partial charge >= 0.3 is 10.1 Å². The molecule has 1 rings (SSSR count). The third-order valence-electron chi connectivity index (χ3n) is 0.910. The fraction of sp³-hybridized carbons (Fsp3) is 0.250. The molecule has 0 spiro atoms. The SMILES string of the molecule is CC(=O)Nc1nnc(S(=O)(=O)O)s1. The van der Waals surface area contributed by atoms with E-state index in [1.165, 1.54) is 6.92 Å². The summed E-state index contributed by atoms with van der Waals surface area (Å²) in [4.78, 5) is 10.5. The number of carbonyl (C=O) groups is 1. The van der Waals surface area contributed by atoms with Crippen LogP contribution in [0, 0.1) is 0 Å². The molecule has 0 unspecified atom stereocenters. The second kappa shape index (κ2) is 3.36. The number of amides is 1. The summed E-state index contributed by atoms with van der Waals surface area (Å²) in [6.45, 7) is 1.24. The summed E-state index contributed by atoms with van der Waals surface area (Å²) in [5, 5.41) is 8.73. The molecular weight excluding hydrogens is 218 g/mol. The number of nitrogens with one attached hydrogen (secondary N) is 1. The van der Waals surface area contributed by atoms with E-state index in [4.69, 9.17) is 4.55 Å². The molecule has 0 saturated carbocycles. The molecule has 9 heteroatoms. The molecule has 0 saturated heterocycles. The predicted molar refractivity (Wildman–Crippen MR) is 44.0 cm³/mol. The van der Waals surface area contributed by atoms with Crippen LogP contribution < -0.4 is 5.32 Å². The van der Waals surface area contributed by atoms with Crippen molar-refractivity contribution in [2.24, 2.45) is 0 Å². The van der Waals surface area contributed by atoms with Crippen molar-refractivity contribution in [3.8, 4) is 0 Å². The number of nitrogens with zero attached hydrogens (tertiary/aromatic N) is 2. The maximum atomic E-state index is 10.5. The second-order valence-corrected chi connectivity index (χ2v) is 4.60. The van der Waals surface area contributed by atoms with Gasteiger partial charge in [-0.25, -0.2) is 0 Å². The average molecular weight is 223 g/mol. The van der Waals surface area contributed by atoms with E-state index in [1.54, 1.807) is 0 Å². The molecule has 0 fully saturated rings. The summed E-state index contributed by atoms with van der Waals surface area (Å²) in [5.74, 6) is -0.391. The number of aromatic nitrogens is 2. The maximum Gasteiger partial charge on any atom is 0.324 e. The molecule has 2 N–H and O–H groups in total. The van der Waals surface area contributed by atoms with Gasteiger partial charge in [0.25, 0.3) is 4.34 Å². The van der Waals surface area contributed by atoms with Gasteiger partial charge in [0.05, 0.1) is 0 Å². The lowest BCUT2D eigenvalue weighted by molar-refractivity contribution is -0.114. The Kier molecular flexibility index (Phi) is 2.59. The molecule has 0 radical (unpaired) electrons. The first-order valence-electron chi connectivity index (χ1n) is 2.98. The highest BCUT2D eigenvalue weighted by atomic mass is 32.3. The molecule has 7 nitrogen and oxygen atoms in total. The van der Waals surface area contributed by atoms with Crippen LogP contribution in [0.25, 0.3) is 0 Å². The monoisotopic (exact) mass is 223 g/mol. The van der Waals surface area contributed by atoms with Gasteiger partial charge in [0.15, 0.2) is 0 Å². The lowest BCUT2D eigenvalue weighted by atomic mass is 10.7.